The fourth-order valence-electron chi connectivity index (χ4n) is 5.02. The Bertz CT molecular complexity index is 1220. The van der Waals surface area contributed by atoms with Gasteiger partial charge < -0.3 is 14.2 Å². The van der Waals surface area contributed by atoms with Gasteiger partial charge in [-0.25, -0.2) is 9.59 Å². The molecule has 0 spiro atoms. The molecule has 2 atom stereocenters. The Balaban J connectivity index is 1.59. The zero-order valence-corrected chi connectivity index (χ0v) is 23.3. The van der Waals surface area contributed by atoms with E-state index in [9.17, 15) is 14.4 Å². The van der Waals surface area contributed by atoms with Gasteiger partial charge in [-0.3, -0.25) is 9.69 Å². The first-order chi connectivity index (χ1) is 19.2. The average molecular weight is 544 g/mol. The van der Waals surface area contributed by atoms with Crippen molar-refractivity contribution < 1.29 is 28.6 Å². The first-order valence-electron chi connectivity index (χ1n) is 13.7. The van der Waals surface area contributed by atoms with Gasteiger partial charge in [0, 0.05) is 18.9 Å². The van der Waals surface area contributed by atoms with Crippen LogP contribution in [0.5, 0.6) is 0 Å². The van der Waals surface area contributed by atoms with Crippen molar-refractivity contribution in [3.8, 4) is 0 Å². The maximum absolute atomic E-state index is 13.8. The molecule has 1 aliphatic rings. The van der Waals surface area contributed by atoms with Crippen molar-refractivity contribution in [2.45, 2.75) is 70.3 Å². The molecule has 0 saturated carbocycles. The highest BCUT2D eigenvalue weighted by Crippen LogP contribution is 2.33. The molecule has 1 fully saturated rings. The molecule has 4 rings (SSSR count). The molecular weight excluding hydrogens is 506 g/mol. The van der Waals surface area contributed by atoms with E-state index in [4.69, 9.17) is 14.2 Å². The maximum Gasteiger partial charge on any atom is 0.508 e. The molecule has 3 aromatic rings. The third kappa shape index (κ3) is 7.94. The summed E-state index contributed by atoms with van der Waals surface area (Å²) in [7, 11) is 0. The zero-order valence-electron chi connectivity index (χ0n) is 23.3. The number of amides is 1. The fourth-order valence-corrected chi connectivity index (χ4v) is 5.02. The van der Waals surface area contributed by atoms with Crippen LogP contribution in [0.15, 0.2) is 91.0 Å². The molecule has 0 radical (unpaired) electrons. The minimum absolute atomic E-state index is 0.0523. The van der Waals surface area contributed by atoms with Crippen molar-refractivity contribution >= 4 is 18.0 Å². The van der Waals surface area contributed by atoms with Gasteiger partial charge in [0.2, 0.25) is 0 Å². The van der Waals surface area contributed by atoms with Crippen LogP contribution in [0.1, 0.15) is 62.6 Å². The summed E-state index contributed by atoms with van der Waals surface area (Å²) in [5.74, 6) is -0.604. The van der Waals surface area contributed by atoms with Crippen LogP contribution in [0.2, 0.25) is 0 Å². The molecule has 7 nitrogen and oxygen atoms in total. The second kappa shape index (κ2) is 13.3. The van der Waals surface area contributed by atoms with Gasteiger partial charge in [0.1, 0.15) is 18.3 Å². The Hall–Kier alpha value is -4.13. The van der Waals surface area contributed by atoms with Crippen LogP contribution in [0.4, 0.5) is 9.59 Å². The molecule has 3 aromatic carbocycles. The molecule has 0 unspecified atom stereocenters. The van der Waals surface area contributed by atoms with Crippen molar-refractivity contribution in [3.63, 3.8) is 0 Å². The molecule has 0 bridgehead atoms. The van der Waals surface area contributed by atoms with E-state index in [1.165, 1.54) is 4.90 Å². The molecule has 1 saturated heterocycles. The van der Waals surface area contributed by atoms with Gasteiger partial charge in [-0.05, 0) is 50.3 Å². The number of carbonyl (C=O) groups excluding carboxylic acids is 3. The molecule has 0 N–H and O–H groups in total. The van der Waals surface area contributed by atoms with Crippen molar-refractivity contribution in [2.24, 2.45) is 0 Å². The Kier molecular flexibility index (Phi) is 9.59. The van der Waals surface area contributed by atoms with E-state index < -0.39 is 35.9 Å². The number of hydrogen-bond acceptors (Lipinski definition) is 6. The maximum atomic E-state index is 13.8. The van der Waals surface area contributed by atoms with Crippen LogP contribution in [0, 0.1) is 0 Å². The molecule has 1 heterocycles. The summed E-state index contributed by atoms with van der Waals surface area (Å²) in [6, 6.07) is 28.0. The monoisotopic (exact) mass is 543 g/mol. The lowest BCUT2D eigenvalue weighted by molar-refractivity contribution is -0.125. The van der Waals surface area contributed by atoms with E-state index in [0.717, 1.165) is 16.7 Å². The number of nitrogens with zero attached hydrogens (tertiary/aromatic N) is 1. The van der Waals surface area contributed by atoms with Gasteiger partial charge in [0.25, 0.3) is 0 Å². The van der Waals surface area contributed by atoms with Crippen LogP contribution in [-0.2, 0) is 25.6 Å². The highest BCUT2D eigenvalue weighted by Gasteiger charge is 2.39. The number of carbonyl (C=O) groups is 3. The quantitative estimate of drug-likeness (QED) is 0.273. The van der Waals surface area contributed by atoms with E-state index in [1.807, 2.05) is 91.0 Å². The van der Waals surface area contributed by atoms with E-state index >= 15 is 0 Å². The summed E-state index contributed by atoms with van der Waals surface area (Å²) in [6.45, 7) is 5.89. The molecule has 0 aliphatic carbocycles. The number of benzene rings is 3. The Morgan fingerprint density at radius 1 is 0.850 bits per heavy atom. The topological polar surface area (TPSA) is 82.1 Å². The van der Waals surface area contributed by atoms with Crippen molar-refractivity contribution in [2.75, 3.05) is 6.54 Å². The lowest BCUT2D eigenvalue weighted by atomic mass is 9.83. The number of ketones is 1. The smallest absolute Gasteiger partial charge is 0.444 e. The molecule has 40 heavy (non-hydrogen) atoms. The van der Waals surface area contributed by atoms with Crippen molar-refractivity contribution in [3.05, 3.63) is 108 Å². The summed E-state index contributed by atoms with van der Waals surface area (Å²) in [6.07, 6.45) is -1.08. The van der Waals surface area contributed by atoms with Gasteiger partial charge >= 0.3 is 12.2 Å². The summed E-state index contributed by atoms with van der Waals surface area (Å²) in [5, 5.41) is 0. The van der Waals surface area contributed by atoms with Gasteiger partial charge in [-0.2, -0.15) is 0 Å². The average Bonchev–Trinajstić information content (AvgIpc) is 3.44. The van der Waals surface area contributed by atoms with E-state index in [-0.39, 0.29) is 18.8 Å². The third-order valence-corrected chi connectivity index (χ3v) is 6.79. The predicted octanol–water partition coefficient (Wildman–Crippen LogP) is 6.90. The minimum atomic E-state index is -0.860. The largest absolute Gasteiger partial charge is 0.508 e. The molecule has 210 valence electrons. The number of hydrogen-bond donors (Lipinski definition) is 0. The first-order valence-corrected chi connectivity index (χ1v) is 13.7. The van der Waals surface area contributed by atoms with E-state index in [0.29, 0.717) is 19.4 Å². The summed E-state index contributed by atoms with van der Waals surface area (Å²) in [4.78, 5) is 41.1. The van der Waals surface area contributed by atoms with Crippen molar-refractivity contribution in [1.29, 1.82) is 0 Å². The van der Waals surface area contributed by atoms with Crippen LogP contribution < -0.4 is 0 Å². The Morgan fingerprint density at radius 2 is 1.40 bits per heavy atom. The van der Waals surface area contributed by atoms with Gasteiger partial charge in [0.05, 0.1) is 6.04 Å². The van der Waals surface area contributed by atoms with Crippen LogP contribution in [0.25, 0.3) is 0 Å². The Labute approximate surface area is 236 Å². The normalized spacial score (nSPS) is 15.9. The summed E-state index contributed by atoms with van der Waals surface area (Å²) < 4.78 is 16.9. The zero-order chi connectivity index (χ0) is 28.5. The summed E-state index contributed by atoms with van der Waals surface area (Å²) in [5.41, 5.74) is 1.96. The molecular formula is C33H37NO6. The van der Waals surface area contributed by atoms with Gasteiger partial charge in [-0.1, -0.05) is 91.0 Å². The third-order valence-electron chi connectivity index (χ3n) is 6.79. The standard InChI is InChI=1S/C33H37NO6/c1-33(2,3)40-31(36)34-21-13-20-27(34)28(35)22-29(39-32(37)38-23-24-14-7-4-8-15-24)30(25-16-9-5-10-17-25)26-18-11-6-12-19-26/h4-12,14-19,27,29-30H,13,20-23H2,1-3H3/t27-,29-/m0/s1. The first kappa shape index (κ1) is 28.9. The molecule has 1 amide bonds. The number of likely N-dealkylation sites (tertiary alicyclic amines) is 1. The molecule has 1 aliphatic heterocycles. The highest BCUT2D eigenvalue weighted by atomic mass is 16.7. The predicted molar refractivity (Wildman–Crippen MR) is 152 cm³/mol. The van der Waals surface area contributed by atoms with Crippen LogP contribution in [-0.4, -0.2) is 47.2 Å². The second-order valence-electron chi connectivity index (χ2n) is 11.0. The highest BCUT2D eigenvalue weighted by molar-refractivity contribution is 5.88. The fraction of sp³-hybridized carbons (Fsp3) is 0.364. The van der Waals surface area contributed by atoms with Gasteiger partial charge in [-0.15, -0.1) is 0 Å². The molecule has 0 aromatic heterocycles. The summed E-state index contributed by atoms with van der Waals surface area (Å²) >= 11 is 0. The van der Waals surface area contributed by atoms with E-state index in [2.05, 4.69) is 0 Å². The van der Waals surface area contributed by atoms with Gasteiger partial charge in [0.15, 0.2) is 5.78 Å². The minimum Gasteiger partial charge on any atom is -0.444 e. The van der Waals surface area contributed by atoms with E-state index in [1.54, 1.807) is 20.8 Å². The van der Waals surface area contributed by atoms with Crippen molar-refractivity contribution in [1.82, 2.24) is 4.90 Å². The Morgan fingerprint density at radius 3 is 1.95 bits per heavy atom. The van der Waals surface area contributed by atoms with Crippen LogP contribution in [0.3, 0.4) is 0 Å². The number of Topliss-reactive ketones (excluding diaryl/α,β-unsaturated/α-hetero) is 1. The van der Waals surface area contributed by atoms with Crippen LogP contribution >= 0.6 is 0 Å². The lowest BCUT2D eigenvalue weighted by Gasteiger charge is -2.31. The molecule has 7 heteroatoms. The second-order valence-corrected chi connectivity index (χ2v) is 11.0. The lowest BCUT2D eigenvalue weighted by Crippen LogP contribution is -2.44. The number of rotatable bonds is 9. The number of ether oxygens (including phenoxy) is 3. The SMILES string of the molecule is CC(C)(C)OC(=O)N1CCC[C@H]1C(=O)C[C@H](OC(=O)OCc1ccccc1)C(c1ccccc1)c1ccccc1.